The first-order chi connectivity index (χ1) is 45.5. The van der Waals surface area contributed by atoms with Gasteiger partial charge in [-0.1, -0.05) is 91.3 Å². The monoisotopic (exact) mass is 1390 g/mol. The van der Waals surface area contributed by atoms with E-state index < -0.39 is 58.9 Å². The fourth-order valence-electron chi connectivity index (χ4n) is 10.2. The van der Waals surface area contributed by atoms with E-state index in [4.69, 9.17) is 42.0 Å². The van der Waals surface area contributed by atoms with Crippen LogP contribution in [0, 0.1) is 5.92 Å². The summed E-state index contributed by atoms with van der Waals surface area (Å²) >= 11 is 0. The van der Waals surface area contributed by atoms with Crippen LogP contribution < -0.4 is 45.5 Å². The van der Waals surface area contributed by atoms with Crippen LogP contribution in [0.5, 0.6) is 23.0 Å². The van der Waals surface area contributed by atoms with Crippen molar-refractivity contribution < 1.29 is 80.7 Å². The first-order valence-corrected chi connectivity index (χ1v) is 39.1. The average Bonchev–Trinajstić information content (AvgIpc) is 1.78. The number of carbonyl (C=O) groups is 7. The Hall–Kier alpha value is -7.92. The molecule has 536 valence electrons. The van der Waals surface area contributed by atoms with Gasteiger partial charge in [0.15, 0.2) is 39.6 Å². The minimum absolute atomic E-state index is 0.00803. The van der Waals surface area contributed by atoms with Gasteiger partial charge in [-0.05, 0) is 132 Å². The molecule has 26 heteroatoms. The zero-order valence-corrected chi connectivity index (χ0v) is 62.3. The van der Waals surface area contributed by atoms with Gasteiger partial charge >= 0.3 is 18.3 Å². The Morgan fingerprint density at radius 1 is 0.660 bits per heavy atom. The van der Waals surface area contributed by atoms with Gasteiger partial charge in [-0.3, -0.25) is 35.1 Å². The molecule has 0 fully saturated rings. The molecule has 3 aromatic rings. The standard InChI is InChI=1S/C71H107N7O17Si2/c1-20-29-91-69(86)75-57-40-61(59(88-15)38-55(57)66(82)78-42-48(7)35-52(78)44-94-97(18,19)71(11,12)13)95-53(36-49-24-26-50(27-25-49)73-68(85)92-33-32-89-31-28-62(79)76-63(45(2)3)64(80)72-46(4)5)23-21-22-30-90-60-39-56(74-67(83)84)54(37-58(60)87-14)65(81)77-41-47(6)34-51(77)43-93-96(16,17)70(8,9)10/h20,24-27,37-42,45-46,51-53,63,74H,1,21-23,28-36,43-44H2,2-19H3,(H,72,80)(H,73,85)(H,75,86)(H,76,79)(H,83,84)/t51-,52-,53-,63-/m0/s1. The molecule has 0 aliphatic carbocycles. The number of hydrogen-bond acceptors (Lipinski definition) is 16. The molecule has 0 spiro atoms. The highest BCUT2D eigenvalue weighted by molar-refractivity contribution is 6.74. The van der Waals surface area contributed by atoms with Crippen LogP contribution in [0.4, 0.5) is 31.4 Å². The molecular weight excluding hydrogens is 1280 g/mol. The van der Waals surface area contributed by atoms with Crippen molar-refractivity contribution in [2.45, 2.75) is 195 Å². The molecule has 0 saturated heterocycles. The largest absolute Gasteiger partial charge is 0.493 e. The van der Waals surface area contributed by atoms with Crippen LogP contribution in [0.2, 0.25) is 36.3 Å². The van der Waals surface area contributed by atoms with E-state index in [1.165, 1.54) is 38.5 Å². The van der Waals surface area contributed by atoms with E-state index in [-0.39, 0.29) is 131 Å². The Kier molecular flexibility index (Phi) is 29.7. The zero-order valence-electron chi connectivity index (χ0n) is 60.3. The van der Waals surface area contributed by atoms with Crippen LogP contribution in [-0.4, -0.2) is 164 Å². The summed E-state index contributed by atoms with van der Waals surface area (Å²) in [7, 11) is -1.50. The number of unbranched alkanes of at least 4 members (excludes halogenated alkanes) is 1. The molecule has 0 aromatic heterocycles. The van der Waals surface area contributed by atoms with Gasteiger partial charge < -0.3 is 67.5 Å². The van der Waals surface area contributed by atoms with Crippen molar-refractivity contribution >= 4 is 75.6 Å². The van der Waals surface area contributed by atoms with Gasteiger partial charge in [0, 0.05) is 49.1 Å². The number of anilines is 3. The Labute approximate surface area is 575 Å². The Balaban J connectivity index is 1.37. The lowest BCUT2D eigenvalue weighted by Gasteiger charge is -2.38. The maximum Gasteiger partial charge on any atom is 0.411 e. The molecule has 0 unspecified atom stereocenters. The number of carbonyl (C=O) groups excluding carboxylic acids is 6. The van der Waals surface area contributed by atoms with Gasteiger partial charge in [-0.25, -0.2) is 14.4 Å². The van der Waals surface area contributed by atoms with Crippen LogP contribution in [0.1, 0.15) is 148 Å². The maximum atomic E-state index is 14.9. The Morgan fingerprint density at radius 2 is 1.19 bits per heavy atom. The third-order valence-corrected chi connectivity index (χ3v) is 26.6. The molecule has 4 atom stereocenters. The van der Waals surface area contributed by atoms with Crippen molar-refractivity contribution in [1.82, 2.24) is 20.4 Å². The van der Waals surface area contributed by atoms with Gasteiger partial charge in [0.25, 0.3) is 11.8 Å². The van der Waals surface area contributed by atoms with E-state index in [0.29, 0.717) is 57.4 Å². The summed E-state index contributed by atoms with van der Waals surface area (Å²) < 4.78 is 54.3. The van der Waals surface area contributed by atoms with E-state index in [1.54, 1.807) is 40.4 Å². The summed E-state index contributed by atoms with van der Waals surface area (Å²) in [5, 5.41) is 23.4. The van der Waals surface area contributed by atoms with E-state index >= 15 is 0 Å². The molecule has 0 radical (unpaired) electrons. The van der Waals surface area contributed by atoms with Crippen LogP contribution in [0.15, 0.2) is 84.7 Å². The van der Waals surface area contributed by atoms with Crippen LogP contribution in [0.3, 0.4) is 0 Å². The molecule has 7 amide bonds. The number of carboxylic acid groups (broad SMARTS) is 1. The summed E-state index contributed by atoms with van der Waals surface area (Å²) in [5.41, 5.74) is 3.51. The number of nitrogens with zero attached hydrogens (tertiary/aromatic N) is 2. The normalized spacial score (nSPS) is 15.6. The molecule has 2 aliphatic rings. The number of methoxy groups -OCH3 is 2. The molecule has 97 heavy (non-hydrogen) atoms. The highest BCUT2D eigenvalue weighted by Crippen LogP contribution is 2.42. The van der Waals surface area contributed by atoms with Crippen molar-refractivity contribution in [1.29, 1.82) is 0 Å². The van der Waals surface area contributed by atoms with Crippen molar-refractivity contribution in [2.24, 2.45) is 5.92 Å². The lowest BCUT2D eigenvalue weighted by atomic mass is 10.0. The summed E-state index contributed by atoms with van der Waals surface area (Å²) in [5.74, 6) is -0.736. The number of rotatable bonds is 35. The van der Waals surface area contributed by atoms with Gasteiger partial charge in [-0.15, -0.1) is 0 Å². The van der Waals surface area contributed by atoms with Gasteiger partial charge in [-0.2, -0.15) is 0 Å². The van der Waals surface area contributed by atoms with Crippen molar-refractivity contribution in [2.75, 3.05) is 76.4 Å². The van der Waals surface area contributed by atoms with Crippen molar-refractivity contribution in [3.63, 3.8) is 0 Å². The first-order valence-electron chi connectivity index (χ1n) is 33.2. The topological polar surface area (TPSA) is 289 Å². The predicted molar refractivity (Wildman–Crippen MR) is 380 cm³/mol. The van der Waals surface area contributed by atoms with Gasteiger partial charge in [0.1, 0.15) is 25.4 Å². The minimum atomic E-state index is -2.21. The number of amides is 7. The quantitative estimate of drug-likeness (QED) is 0.0181. The highest BCUT2D eigenvalue weighted by atomic mass is 28.4. The number of ether oxygens (including phenoxy) is 7. The smallest absolute Gasteiger partial charge is 0.411 e. The molecular formula is C71H107N7O17Si2. The molecule has 24 nitrogen and oxygen atoms in total. The second kappa shape index (κ2) is 36.1. The fraction of sp³-hybridized carbons (Fsp3) is 0.563. The summed E-state index contributed by atoms with van der Waals surface area (Å²) in [6.07, 6.45) is 4.37. The maximum absolute atomic E-state index is 14.9. The van der Waals surface area contributed by atoms with E-state index in [2.05, 4.69) is 101 Å². The number of nitrogens with one attached hydrogen (secondary N) is 5. The third kappa shape index (κ3) is 24.0. The van der Waals surface area contributed by atoms with Crippen LogP contribution >= 0.6 is 0 Å². The summed E-state index contributed by atoms with van der Waals surface area (Å²) in [4.78, 5) is 96.3. The minimum Gasteiger partial charge on any atom is -0.493 e. The van der Waals surface area contributed by atoms with E-state index in [1.807, 2.05) is 53.7 Å². The highest BCUT2D eigenvalue weighted by Gasteiger charge is 2.42. The molecule has 0 saturated carbocycles. The third-order valence-electron chi connectivity index (χ3n) is 17.6. The first kappa shape index (κ1) is 79.8. The second-order valence-electron chi connectivity index (χ2n) is 28.3. The second-order valence-corrected chi connectivity index (χ2v) is 38.0. The predicted octanol–water partition coefficient (Wildman–Crippen LogP) is 13.7. The van der Waals surface area contributed by atoms with E-state index in [0.717, 1.165) is 16.7 Å². The summed E-state index contributed by atoms with van der Waals surface area (Å²) in [6, 6.07) is 11.7. The number of benzene rings is 3. The SMILES string of the molecule is C=CCOC(=O)Nc1cc(O[C@@H](CCCCOc2cc(NC(=O)O)c(C(=O)N3C=C(C)C[C@H]3CO[Si](C)(C)C(C)(C)C)cc2OC)Cc2ccc(NC(=O)OCCOCCC(=O)N[C@H](C(=O)NC(C)C)C(C)C)cc2)c(OC)cc1C(=O)N1C=C(C)C[C@H]1CO[Si](C)(C)C(C)(C)C. The molecule has 2 aliphatic heterocycles. The van der Waals surface area contributed by atoms with Crippen molar-refractivity contribution in [3.8, 4) is 23.0 Å². The van der Waals surface area contributed by atoms with E-state index in [9.17, 15) is 38.7 Å². The molecule has 2 heterocycles. The molecule has 3 aromatic carbocycles. The van der Waals surface area contributed by atoms with Gasteiger partial charge in [0.05, 0.1) is 81.8 Å². The zero-order chi connectivity index (χ0) is 72.2. The van der Waals surface area contributed by atoms with Crippen molar-refractivity contribution in [3.05, 3.63) is 101 Å². The number of hydrogen-bond donors (Lipinski definition) is 6. The van der Waals surface area contributed by atoms with Crippen LogP contribution in [-0.2, 0) is 39.1 Å². The van der Waals surface area contributed by atoms with Crippen LogP contribution in [0.25, 0.3) is 0 Å². The fourth-order valence-corrected chi connectivity index (χ4v) is 12.3. The molecule has 0 bridgehead atoms. The molecule has 5 rings (SSSR count). The van der Waals surface area contributed by atoms with Gasteiger partial charge in [0.2, 0.25) is 11.8 Å². The lowest BCUT2D eigenvalue weighted by Crippen LogP contribution is -2.51. The molecule has 6 N–H and O–H groups in total. The Bertz CT molecular complexity index is 3280. The Morgan fingerprint density at radius 3 is 1.69 bits per heavy atom. The lowest BCUT2D eigenvalue weighted by molar-refractivity contribution is -0.130. The summed E-state index contributed by atoms with van der Waals surface area (Å²) in [6.45, 7) is 37.2. The average molecular weight is 1390 g/mol.